The molecule has 0 amide bonds. The molecule has 0 saturated heterocycles. The van der Waals surface area contributed by atoms with E-state index in [1.54, 1.807) is 0 Å². The lowest BCUT2D eigenvalue weighted by molar-refractivity contribution is -0.138. The third-order valence-electron chi connectivity index (χ3n) is 2.54. The molecule has 0 aliphatic carbocycles. The summed E-state index contributed by atoms with van der Waals surface area (Å²) in [5, 5.41) is 8.71. The van der Waals surface area contributed by atoms with Crippen LogP contribution in [0.1, 0.15) is 25.0 Å². The van der Waals surface area contributed by atoms with Crippen molar-refractivity contribution in [2.75, 3.05) is 0 Å². The highest BCUT2D eigenvalue weighted by Crippen LogP contribution is 2.12. The van der Waals surface area contributed by atoms with E-state index < -0.39 is 12.0 Å². The van der Waals surface area contributed by atoms with Gasteiger partial charge in [0.05, 0.1) is 0 Å². The number of aliphatic carboxylic acids is 1. The molecular formula is C13H17NO2S. The zero-order valence-electron chi connectivity index (χ0n) is 10.0. The number of carboxylic acid groups (broad SMARTS) is 1. The molecule has 3 nitrogen and oxygen atoms in total. The average Bonchev–Trinajstić information content (AvgIpc) is 2.28. The summed E-state index contributed by atoms with van der Waals surface area (Å²) in [5.41, 5.74) is 7.40. The molecule has 0 bridgehead atoms. The number of carboxylic acids is 1. The molecule has 4 heteroatoms. The first-order valence-electron chi connectivity index (χ1n) is 5.53. The minimum absolute atomic E-state index is 0.331. The van der Waals surface area contributed by atoms with Crippen LogP contribution in [-0.2, 0) is 11.2 Å². The second-order valence-electron chi connectivity index (χ2n) is 4.36. The first-order valence-corrected chi connectivity index (χ1v) is 5.94. The summed E-state index contributed by atoms with van der Waals surface area (Å²) < 4.78 is 0. The van der Waals surface area contributed by atoms with Crippen LogP contribution in [0.4, 0.5) is 0 Å². The van der Waals surface area contributed by atoms with Crippen LogP contribution in [0.3, 0.4) is 0 Å². The molecule has 1 rings (SSSR count). The van der Waals surface area contributed by atoms with Gasteiger partial charge in [-0.3, -0.25) is 4.79 Å². The largest absolute Gasteiger partial charge is 0.480 e. The molecule has 0 radical (unpaired) electrons. The fraction of sp³-hybridized carbons (Fsp3) is 0.385. The lowest BCUT2D eigenvalue weighted by Gasteiger charge is -2.10. The Balaban J connectivity index is 2.75. The van der Waals surface area contributed by atoms with E-state index in [9.17, 15) is 4.79 Å². The van der Waals surface area contributed by atoms with Crippen molar-refractivity contribution < 1.29 is 9.90 Å². The van der Waals surface area contributed by atoms with Crippen LogP contribution in [0.15, 0.2) is 24.3 Å². The summed E-state index contributed by atoms with van der Waals surface area (Å²) in [6, 6.07) is 6.76. The third-order valence-corrected chi connectivity index (χ3v) is 3.24. The van der Waals surface area contributed by atoms with Crippen molar-refractivity contribution in [2.24, 2.45) is 11.7 Å². The Hall–Kier alpha value is -1.26. The van der Waals surface area contributed by atoms with E-state index in [1.165, 1.54) is 0 Å². The Bertz CT molecular complexity index is 412. The van der Waals surface area contributed by atoms with Gasteiger partial charge in [0.2, 0.25) is 0 Å². The lowest BCUT2D eigenvalue weighted by atomic mass is 9.99. The maximum absolute atomic E-state index is 10.6. The van der Waals surface area contributed by atoms with E-state index >= 15 is 0 Å². The number of hydrogen-bond donors (Lipinski definition) is 2. The lowest BCUT2D eigenvalue weighted by Crippen LogP contribution is -2.32. The minimum atomic E-state index is -0.980. The molecule has 1 aromatic rings. The van der Waals surface area contributed by atoms with E-state index in [1.807, 2.05) is 24.3 Å². The topological polar surface area (TPSA) is 63.3 Å². The highest BCUT2D eigenvalue weighted by Gasteiger charge is 2.12. The highest BCUT2D eigenvalue weighted by atomic mass is 32.1. The fourth-order valence-corrected chi connectivity index (χ4v) is 1.62. The van der Waals surface area contributed by atoms with Crippen molar-refractivity contribution >= 4 is 23.1 Å². The van der Waals surface area contributed by atoms with Gasteiger partial charge in [0.25, 0.3) is 0 Å². The Morgan fingerprint density at radius 2 is 1.88 bits per heavy atom. The predicted octanol–water partition coefficient (Wildman–Crippen LogP) is 2.02. The Morgan fingerprint density at radius 3 is 2.29 bits per heavy atom. The predicted molar refractivity (Wildman–Crippen MR) is 72.3 cm³/mol. The second-order valence-corrected chi connectivity index (χ2v) is 4.80. The molecule has 1 aromatic carbocycles. The van der Waals surface area contributed by atoms with Gasteiger partial charge in [-0.25, -0.2) is 0 Å². The zero-order valence-corrected chi connectivity index (χ0v) is 10.8. The van der Waals surface area contributed by atoms with E-state index in [2.05, 4.69) is 13.8 Å². The summed E-state index contributed by atoms with van der Waals surface area (Å²) in [5.74, 6) is -0.649. The summed E-state index contributed by atoms with van der Waals surface area (Å²) in [6.07, 6.45) is 0.337. The van der Waals surface area contributed by atoms with Crippen LogP contribution < -0.4 is 5.73 Å². The summed E-state index contributed by atoms with van der Waals surface area (Å²) in [4.78, 5) is 11.5. The molecule has 0 aromatic heterocycles. The maximum Gasteiger partial charge on any atom is 0.320 e. The highest BCUT2D eigenvalue weighted by molar-refractivity contribution is 7.80. The van der Waals surface area contributed by atoms with Crippen molar-refractivity contribution in [3.05, 3.63) is 35.4 Å². The van der Waals surface area contributed by atoms with Crippen molar-refractivity contribution in [3.63, 3.8) is 0 Å². The molecule has 0 aliphatic rings. The molecule has 17 heavy (non-hydrogen) atoms. The van der Waals surface area contributed by atoms with Gasteiger partial charge in [0, 0.05) is 4.86 Å². The van der Waals surface area contributed by atoms with Crippen molar-refractivity contribution in [1.29, 1.82) is 0 Å². The molecule has 0 spiro atoms. The molecule has 1 atom stereocenters. The van der Waals surface area contributed by atoms with Crippen molar-refractivity contribution in [2.45, 2.75) is 26.3 Å². The normalized spacial score (nSPS) is 12.5. The molecule has 1 unspecified atom stereocenters. The van der Waals surface area contributed by atoms with Gasteiger partial charge in [0.1, 0.15) is 6.04 Å². The molecule has 0 aliphatic heterocycles. The van der Waals surface area contributed by atoms with Crippen molar-refractivity contribution in [1.82, 2.24) is 0 Å². The minimum Gasteiger partial charge on any atom is -0.480 e. The number of benzene rings is 1. The monoisotopic (exact) mass is 251 g/mol. The summed E-state index contributed by atoms with van der Waals surface area (Å²) in [6.45, 7) is 4.10. The second kappa shape index (κ2) is 5.89. The molecule has 0 heterocycles. The van der Waals surface area contributed by atoms with Gasteiger partial charge in [-0.15, -0.1) is 0 Å². The first-order chi connectivity index (χ1) is 7.91. The van der Waals surface area contributed by atoms with Gasteiger partial charge >= 0.3 is 5.97 Å². The third kappa shape index (κ3) is 3.91. The van der Waals surface area contributed by atoms with E-state index in [0.717, 1.165) is 16.0 Å². The molecule has 0 saturated carbocycles. The first kappa shape index (κ1) is 13.8. The fourth-order valence-electron chi connectivity index (χ4n) is 1.48. The molecule has 92 valence electrons. The number of nitrogens with two attached hydrogens (primary N) is 1. The quantitative estimate of drug-likeness (QED) is 0.621. The van der Waals surface area contributed by atoms with Crippen LogP contribution in [0.5, 0.6) is 0 Å². The number of thiocarbonyl (C=S) groups is 1. The standard InChI is InChI=1S/C13H17NO2S/c1-8(2)12(17)10-5-3-9(4-6-10)7-11(14)13(15)16/h3-6,8,11H,7,14H2,1-2H3,(H,15,16). The van der Waals surface area contributed by atoms with Gasteiger partial charge in [-0.2, -0.15) is 0 Å². The number of rotatable bonds is 5. The Labute approximate surface area is 107 Å². The molecule has 0 fully saturated rings. The molecule has 3 N–H and O–H groups in total. The van der Waals surface area contributed by atoms with Gasteiger partial charge in [0.15, 0.2) is 0 Å². The van der Waals surface area contributed by atoms with Crippen LogP contribution in [0, 0.1) is 5.92 Å². The van der Waals surface area contributed by atoms with E-state index in [4.69, 9.17) is 23.1 Å². The van der Waals surface area contributed by atoms with Gasteiger partial charge in [-0.1, -0.05) is 50.3 Å². The van der Waals surface area contributed by atoms with Crippen LogP contribution in [-0.4, -0.2) is 22.0 Å². The van der Waals surface area contributed by atoms with E-state index in [-0.39, 0.29) is 0 Å². The Kier molecular flexibility index (Phi) is 4.78. The smallest absolute Gasteiger partial charge is 0.320 e. The number of carbonyl (C=O) groups is 1. The summed E-state index contributed by atoms with van der Waals surface area (Å²) >= 11 is 5.30. The average molecular weight is 251 g/mol. The van der Waals surface area contributed by atoms with E-state index in [0.29, 0.717) is 12.3 Å². The maximum atomic E-state index is 10.6. The number of hydrogen-bond acceptors (Lipinski definition) is 3. The SMILES string of the molecule is CC(C)C(=S)c1ccc(CC(N)C(=O)O)cc1. The van der Waals surface area contributed by atoms with Gasteiger partial charge < -0.3 is 10.8 Å². The zero-order chi connectivity index (χ0) is 13.0. The van der Waals surface area contributed by atoms with Gasteiger partial charge in [-0.05, 0) is 23.5 Å². The van der Waals surface area contributed by atoms with Crippen LogP contribution >= 0.6 is 12.2 Å². The summed E-state index contributed by atoms with van der Waals surface area (Å²) in [7, 11) is 0. The van der Waals surface area contributed by atoms with Crippen molar-refractivity contribution in [3.8, 4) is 0 Å². The van der Waals surface area contributed by atoms with Crippen LogP contribution in [0.25, 0.3) is 0 Å². The Morgan fingerprint density at radius 1 is 1.35 bits per heavy atom. The molecular weight excluding hydrogens is 234 g/mol. The van der Waals surface area contributed by atoms with Crippen LogP contribution in [0.2, 0.25) is 0 Å².